The van der Waals surface area contributed by atoms with E-state index in [0.29, 0.717) is 31.6 Å². The summed E-state index contributed by atoms with van der Waals surface area (Å²) in [5.74, 6) is -0.661. The first-order chi connectivity index (χ1) is 41.9. The van der Waals surface area contributed by atoms with Crippen molar-refractivity contribution in [2.75, 3.05) is 39.6 Å². The first kappa shape index (κ1) is 85.1. The first-order valence-electron chi connectivity index (χ1n) is 35.5. The van der Waals surface area contributed by atoms with Crippen molar-refractivity contribution in [3.05, 3.63) is 0 Å². The van der Waals surface area contributed by atoms with Gasteiger partial charge >= 0.3 is 39.5 Å². The van der Waals surface area contributed by atoms with Gasteiger partial charge in [-0.15, -0.1) is 0 Å². The number of ether oxygens (including phenoxy) is 4. The third-order valence-corrected chi connectivity index (χ3v) is 17.6. The lowest BCUT2D eigenvalue weighted by Gasteiger charge is -2.21. The molecule has 0 aliphatic heterocycles. The van der Waals surface area contributed by atoms with Crippen molar-refractivity contribution in [3.63, 3.8) is 0 Å². The van der Waals surface area contributed by atoms with Crippen LogP contribution in [0.15, 0.2) is 0 Å². The molecule has 17 nitrogen and oxygen atoms in total. The maximum Gasteiger partial charge on any atom is 0.472 e. The molecular weight excluding hydrogens is 1150 g/mol. The fourth-order valence-electron chi connectivity index (χ4n) is 10.2. The van der Waals surface area contributed by atoms with Gasteiger partial charge in [-0.2, -0.15) is 0 Å². The summed E-state index contributed by atoms with van der Waals surface area (Å²) in [4.78, 5) is 72.3. The molecule has 0 radical (unpaired) electrons. The standard InChI is InChI=1S/C68H132O17P2/c1-7-9-11-13-15-17-18-25-28-32-39-45-51-66(71)79-56-63(84-67(72)52-46-40-33-29-26-23-21-19-20-22-24-27-30-36-42-48-60(3)4)58-82-86(74,75)80-54-62(69)55-81-87(76,77)83-59-64(57-78-65(70)50-44-38-31-16-14-12-10-8-2)85-68(73)53-47-41-35-34-37-43-49-61(5)6/h60-64,69H,7-59H2,1-6H3,(H,74,75)(H,76,77)/t62-,63-,64-/m1/s1. The van der Waals surface area contributed by atoms with Crippen LogP contribution in [0.5, 0.6) is 0 Å². The lowest BCUT2D eigenvalue weighted by molar-refractivity contribution is -0.161. The summed E-state index contributed by atoms with van der Waals surface area (Å²) in [5.41, 5.74) is 0. The summed E-state index contributed by atoms with van der Waals surface area (Å²) in [6, 6.07) is 0. The van der Waals surface area contributed by atoms with E-state index in [0.717, 1.165) is 102 Å². The highest BCUT2D eigenvalue weighted by Crippen LogP contribution is 2.45. The minimum atomic E-state index is -4.95. The van der Waals surface area contributed by atoms with Crippen molar-refractivity contribution in [1.82, 2.24) is 0 Å². The fourth-order valence-corrected chi connectivity index (χ4v) is 11.8. The predicted molar refractivity (Wildman–Crippen MR) is 349 cm³/mol. The molecule has 0 bridgehead atoms. The van der Waals surface area contributed by atoms with Crippen LogP contribution in [0.2, 0.25) is 0 Å². The Morgan fingerprint density at radius 3 is 0.782 bits per heavy atom. The highest BCUT2D eigenvalue weighted by molar-refractivity contribution is 7.47. The van der Waals surface area contributed by atoms with Gasteiger partial charge in [0.15, 0.2) is 12.2 Å². The number of carbonyl (C=O) groups excluding carboxylic acids is 4. The molecule has 0 amide bonds. The number of hydrogen-bond donors (Lipinski definition) is 3. The zero-order valence-corrected chi connectivity index (χ0v) is 58.1. The molecular formula is C68H132O17P2. The second-order valence-electron chi connectivity index (χ2n) is 25.5. The number of unbranched alkanes of at least 4 members (excludes halogenated alkanes) is 37. The zero-order valence-electron chi connectivity index (χ0n) is 56.3. The third kappa shape index (κ3) is 62.6. The minimum absolute atomic E-state index is 0.102. The Balaban J connectivity index is 5.19. The molecule has 516 valence electrons. The average Bonchev–Trinajstić information content (AvgIpc) is 3.56. The maximum atomic E-state index is 13.0. The molecule has 2 unspecified atom stereocenters. The molecule has 0 aliphatic carbocycles. The van der Waals surface area contributed by atoms with Gasteiger partial charge in [0.25, 0.3) is 0 Å². The number of aliphatic hydroxyl groups excluding tert-OH is 1. The Morgan fingerprint density at radius 1 is 0.310 bits per heavy atom. The molecule has 0 saturated carbocycles. The molecule has 0 heterocycles. The summed E-state index contributed by atoms with van der Waals surface area (Å²) < 4.78 is 68.1. The van der Waals surface area contributed by atoms with E-state index in [1.165, 1.54) is 154 Å². The number of aliphatic hydroxyl groups is 1. The van der Waals surface area contributed by atoms with Crippen LogP contribution in [0.4, 0.5) is 0 Å². The van der Waals surface area contributed by atoms with E-state index in [1.807, 2.05) is 0 Å². The third-order valence-electron chi connectivity index (χ3n) is 15.7. The van der Waals surface area contributed by atoms with E-state index in [-0.39, 0.29) is 25.7 Å². The maximum absolute atomic E-state index is 13.0. The van der Waals surface area contributed by atoms with Crippen LogP contribution >= 0.6 is 15.6 Å². The summed E-state index contributed by atoms with van der Waals surface area (Å²) in [5, 5.41) is 10.6. The molecule has 0 rings (SSSR count). The van der Waals surface area contributed by atoms with Crippen molar-refractivity contribution in [3.8, 4) is 0 Å². The van der Waals surface area contributed by atoms with Crippen molar-refractivity contribution < 1.29 is 80.2 Å². The van der Waals surface area contributed by atoms with Gasteiger partial charge in [0.1, 0.15) is 19.3 Å². The van der Waals surface area contributed by atoms with E-state index in [2.05, 4.69) is 41.5 Å². The summed E-state index contributed by atoms with van der Waals surface area (Å²) >= 11 is 0. The van der Waals surface area contributed by atoms with Crippen molar-refractivity contribution in [1.29, 1.82) is 0 Å². The molecule has 0 fully saturated rings. The molecule has 19 heteroatoms. The summed E-state index contributed by atoms with van der Waals surface area (Å²) in [7, 11) is -9.89. The highest BCUT2D eigenvalue weighted by Gasteiger charge is 2.30. The number of esters is 4. The van der Waals surface area contributed by atoms with Gasteiger partial charge < -0.3 is 33.8 Å². The molecule has 0 spiro atoms. The lowest BCUT2D eigenvalue weighted by Crippen LogP contribution is -2.30. The number of phosphoric acid groups is 2. The molecule has 3 N–H and O–H groups in total. The van der Waals surface area contributed by atoms with Crippen molar-refractivity contribution >= 4 is 39.5 Å². The van der Waals surface area contributed by atoms with Gasteiger partial charge in [-0.05, 0) is 37.5 Å². The van der Waals surface area contributed by atoms with Crippen LogP contribution < -0.4 is 0 Å². The van der Waals surface area contributed by atoms with Crippen molar-refractivity contribution in [2.45, 2.75) is 362 Å². The van der Waals surface area contributed by atoms with Gasteiger partial charge in [-0.1, -0.05) is 292 Å². The Bertz CT molecular complexity index is 1700. The number of carbonyl (C=O) groups is 4. The Hall–Kier alpha value is -1.94. The highest BCUT2D eigenvalue weighted by atomic mass is 31.2. The van der Waals surface area contributed by atoms with Crippen LogP contribution in [0.3, 0.4) is 0 Å². The predicted octanol–water partition coefficient (Wildman–Crippen LogP) is 19.2. The fraction of sp³-hybridized carbons (Fsp3) is 0.941. The van der Waals surface area contributed by atoms with Crippen LogP contribution in [-0.2, 0) is 65.4 Å². The van der Waals surface area contributed by atoms with Gasteiger partial charge in [-0.3, -0.25) is 37.3 Å². The van der Waals surface area contributed by atoms with Crippen LogP contribution in [-0.4, -0.2) is 96.7 Å². The molecule has 0 aromatic heterocycles. The van der Waals surface area contributed by atoms with E-state index in [1.54, 1.807) is 0 Å². The molecule has 0 saturated heterocycles. The number of phosphoric ester groups is 2. The second-order valence-corrected chi connectivity index (χ2v) is 28.4. The minimum Gasteiger partial charge on any atom is -0.462 e. The van der Waals surface area contributed by atoms with E-state index < -0.39 is 97.5 Å². The SMILES string of the molecule is CCCCCCCCCCCCCCC(=O)OC[C@H](COP(=O)(O)OC[C@@H](O)COP(=O)(O)OC[C@@H](COC(=O)CCCCCCCCCC)OC(=O)CCCCCCCCC(C)C)OC(=O)CCCCCCCCCCCCCCCCCC(C)C. The average molecular weight is 1280 g/mol. The van der Waals surface area contributed by atoms with Gasteiger partial charge in [0, 0.05) is 25.7 Å². The van der Waals surface area contributed by atoms with Crippen LogP contribution in [0, 0.1) is 11.8 Å². The van der Waals surface area contributed by atoms with E-state index in [4.69, 9.17) is 37.0 Å². The molecule has 0 aliphatic rings. The summed E-state index contributed by atoms with van der Waals surface area (Å²) in [6.45, 7) is 9.44. The second kappa shape index (κ2) is 60.3. The van der Waals surface area contributed by atoms with Gasteiger partial charge in [0.05, 0.1) is 26.4 Å². The Morgan fingerprint density at radius 2 is 0.529 bits per heavy atom. The molecule has 0 aromatic rings. The topological polar surface area (TPSA) is 237 Å². The molecule has 5 atom stereocenters. The number of rotatable bonds is 67. The van der Waals surface area contributed by atoms with E-state index in [9.17, 15) is 43.2 Å². The smallest absolute Gasteiger partial charge is 0.462 e. The molecule has 87 heavy (non-hydrogen) atoms. The Kier molecular flexibility index (Phi) is 59.0. The zero-order chi connectivity index (χ0) is 64.3. The quantitative estimate of drug-likeness (QED) is 0.0222. The molecule has 0 aromatic carbocycles. The number of hydrogen-bond acceptors (Lipinski definition) is 15. The normalized spacial score (nSPS) is 14.2. The summed E-state index contributed by atoms with van der Waals surface area (Å²) in [6.07, 6.45) is 44.7. The van der Waals surface area contributed by atoms with E-state index >= 15 is 0 Å². The van der Waals surface area contributed by atoms with Crippen LogP contribution in [0.1, 0.15) is 343 Å². The van der Waals surface area contributed by atoms with Gasteiger partial charge in [0.2, 0.25) is 0 Å². The van der Waals surface area contributed by atoms with Gasteiger partial charge in [-0.25, -0.2) is 9.13 Å². The first-order valence-corrected chi connectivity index (χ1v) is 38.5. The van der Waals surface area contributed by atoms with Crippen LogP contribution in [0.25, 0.3) is 0 Å². The monoisotopic (exact) mass is 1280 g/mol. The lowest BCUT2D eigenvalue weighted by atomic mass is 10.0. The Labute approximate surface area is 530 Å². The van der Waals surface area contributed by atoms with Crippen molar-refractivity contribution in [2.24, 2.45) is 11.8 Å². The largest absolute Gasteiger partial charge is 0.472 e.